The van der Waals surface area contributed by atoms with E-state index in [1.165, 1.54) is 31.3 Å². The number of hydrogen-bond acceptors (Lipinski definition) is 5. The number of nitrogens with zero attached hydrogens (tertiary/aromatic N) is 4. The molecule has 2 atom stereocenters. The van der Waals surface area contributed by atoms with Gasteiger partial charge in [-0.2, -0.15) is 23.7 Å². The van der Waals surface area contributed by atoms with Gasteiger partial charge in [0.05, 0.1) is 17.2 Å². The van der Waals surface area contributed by atoms with Crippen molar-refractivity contribution in [3.8, 4) is 12.1 Å². The number of nitriles is 2. The van der Waals surface area contributed by atoms with Gasteiger partial charge in [-0.3, -0.25) is 14.5 Å². The average Bonchev–Trinajstić information content (AvgIpc) is 2.78. The van der Waals surface area contributed by atoms with Crippen molar-refractivity contribution < 1.29 is 22.8 Å². The van der Waals surface area contributed by atoms with Gasteiger partial charge < -0.3 is 5.32 Å². The quantitative estimate of drug-likeness (QED) is 0.711. The number of benzene rings is 1. The van der Waals surface area contributed by atoms with Crippen molar-refractivity contribution >= 4 is 17.5 Å². The molecule has 2 aromatic rings. The summed E-state index contributed by atoms with van der Waals surface area (Å²) >= 11 is 0. The fraction of sp³-hybridized carbons (Fsp3) is 0.261. The molecule has 3 rings (SSSR count). The van der Waals surface area contributed by atoms with Crippen LogP contribution in [0, 0.1) is 28.6 Å². The molecule has 10 heteroatoms. The molecule has 0 saturated carbocycles. The maximum Gasteiger partial charge on any atom is 0.416 e. The van der Waals surface area contributed by atoms with Crippen LogP contribution < -0.4 is 10.2 Å². The van der Waals surface area contributed by atoms with E-state index in [1.54, 1.807) is 6.92 Å². The molecule has 0 bridgehead atoms. The predicted molar refractivity (Wildman–Crippen MR) is 111 cm³/mol. The van der Waals surface area contributed by atoms with Gasteiger partial charge >= 0.3 is 6.18 Å². The number of nitrogens with one attached hydrogen (secondary N) is 1. The third kappa shape index (κ3) is 4.41. The lowest BCUT2D eigenvalue weighted by atomic mass is 9.76. The molecule has 7 nitrogen and oxygen atoms in total. The zero-order valence-electron chi connectivity index (χ0n) is 17.6. The Morgan fingerprint density at radius 1 is 1.21 bits per heavy atom. The van der Waals surface area contributed by atoms with Gasteiger partial charge in [0.2, 0.25) is 11.8 Å². The van der Waals surface area contributed by atoms with Crippen LogP contribution in [0.25, 0.3) is 0 Å². The molecule has 0 aliphatic carbocycles. The average molecular weight is 453 g/mol. The van der Waals surface area contributed by atoms with Crippen LogP contribution in [0.5, 0.6) is 0 Å². The van der Waals surface area contributed by atoms with Gasteiger partial charge in [-0.25, -0.2) is 4.98 Å². The van der Waals surface area contributed by atoms with Gasteiger partial charge in [0.1, 0.15) is 17.7 Å². The number of hydrogen-bond donors (Lipinski definition) is 1. The Morgan fingerprint density at radius 3 is 2.48 bits per heavy atom. The van der Waals surface area contributed by atoms with Gasteiger partial charge in [-0.1, -0.05) is 12.1 Å². The first-order valence-electron chi connectivity index (χ1n) is 9.89. The summed E-state index contributed by atoms with van der Waals surface area (Å²) in [7, 11) is 0. The number of carbonyl (C=O) groups is 2. The Morgan fingerprint density at radius 2 is 1.94 bits per heavy atom. The highest BCUT2D eigenvalue weighted by Crippen LogP contribution is 2.42. The van der Waals surface area contributed by atoms with E-state index < -0.39 is 35.4 Å². The number of pyridine rings is 1. The number of amides is 2. The number of halogens is 3. The molecule has 168 valence electrons. The first kappa shape index (κ1) is 23.5. The normalized spacial score (nSPS) is 18.5. The Balaban J connectivity index is 2.23. The van der Waals surface area contributed by atoms with Crippen molar-refractivity contribution in [1.82, 2.24) is 10.3 Å². The second kappa shape index (κ2) is 9.13. The van der Waals surface area contributed by atoms with E-state index in [9.17, 15) is 28.0 Å². The summed E-state index contributed by atoms with van der Waals surface area (Å²) in [6.45, 7) is 3.30. The van der Waals surface area contributed by atoms with Gasteiger partial charge in [0.15, 0.2) is 0 Å². The molecule has 0 spiro atoms. The van der Waals surface area contributed by atoms with Crippen molar-refractivity contribution in [2.24, 2.45) is 5.92 Å². The highest BCUT2D eigenvalue weighted by Gasteiger charge is 2.46. The summed E-state index contributed by atoms with van der Waals surface area (Å²) in [6.07, 6.45) is -3.33. The molecule has 0 fully saturated rings. The van der Waals surface area contributed by atoms with E-state index in [0.29, 0.717) is 5.56 Å². The zero-order chi connectivity index (χ0) is 24.3. The molecule has 1 aromatic carbocycles. The van der Waals surface area contributed by atoms with E-state index >= 15 is 0 Å². The molecular formula is C23H18F3N5O2. The zero-order valence-corrected chi connectivity index (χ0v) is 17.6. The van der Waals surface area contributed by atoms with Crippen LogP contribution in [-0.2, 0) is 15.8 Å². The van der Waals surface area contributed by atoms with E-state index in [2.05, 4.69) is 10.3 Å². The minimum absolute atomic E-state index is 0.0368. The molecular weight excluding hydrogens is 435 g/mol. The molecule has 1 N–H and O–H groups in total. The highest BCUT2D eigenvalue weighted by atomic mass is 19.4. The van der Waals surface area contributed by atoms with E-state index in [1.807, 2.05) is 12.1 Å². The lowest BCUT2D eigenvalue weighted by Crippen LogP contribution is -2.50. The van der Waals surface area contributed by atoms with Crippen LogP contribution in [0.15, 0.2) is 53.9 Å². The lowest BCUT2D eigenvalue weighted by molar-refractivity contribution is -0.138. The molecule has 2 unspecified atom stereocenters. The van der Waals surface area contributed by atoms with E-state index in [-0.39, 0.29) is 29.2 Å². The number of anilines is 1. The summed E-state index contributed by atoms with van der Waals surface area (Å²) in [6, 6.07) is 10.9. The van der Waals surface area contributed by atoms with Crippen LogP contribution in [-0.4, -0.2) is 23.3 Å². The fourth-order valence-electron chi connectivity index (χ4n) is 3.81. The summed E-state index contributed by atoms with van der Waals surface area (Å²) in [5, 5.41) is 21.5. The van der Waals surface area contributed by atoms with E-state index in [4.69, 9.17) is 5.26 Å². The first-order valence-corrected chi connectivity index (χ1v) is 9.89. The summed E-state index contributed by atoms with van der Waals surface area (Å²) < 4.78 is 39.8. The highest BCUT2D eigenvalue weighted by molar-refractivity contribution is 6.12. The first-order chi connectivity index (χ1) is 15.6. The standard InChI is InChI=1S/C23H18F3N5O2/c1-3-29-21(32)20-19(14-7-8-16(10-27)30-12-14)18(11-28)13(2)31(22(20)33)17-6-4-5-15(9-17)23(24,25)26/h4-9,12,19-20H,3H2,1-2H3,(H,29,32). The summed E-state index contributed by atoms with van der Waals surface area (Å²) in [4.78, 5) is 31.4. The van der Waals surface area contributed by atoms with Crippen LogP contribution >= 0.6 is 0 Å². The van der Waals surface area contributed by atoms with Gasteiger partial charge in [-0.05, 0) is 43.7 Å². The monoisotopic (exact) mass is 453 g/mol. The van der Waals surface area contributed by atoms with Crippen molar-refractivity contribution in [3.05, 3.63) is 70.7 Å². The minimum Gasteiger partial charge on any atom is -0.356 e. The maximum atomic E-state index is 13.5. The largest absolute Gasteiger partial charge is 0.416 e. The molecule has 2 amide bonds. The van der Waals surface area contributed by atoms with E-state index in [0.717, 1.165) is 23.1 Å². The van der Waals surface area contributed by atoms with Crippen LogP contribution in [0.4, 0.5) is 18.9 Å². The summed E-state index contributed by atoms with van der Waals surface area (Å²) in [5.41, 5.74) is -0.456. The number of alkyl halides is 3. The Kier molecular flexibility index (Phi) is 6.50. The Labute approximate surface area is 187 Å². The van der Waals surface area contributed by atoms with Crippen molar-refractivity contribution in [3.63, 3.8) is 0 Å². The number of aromatic nitrogens is 1. The SMILES string of the molecule is CCNC(=O)C1C(=O)N(c2cccc(C(F)(F)F)c2)C(C)=C(C#N)C1c1ccc(C#N)nc1. The number of allylic oxidation sites excluding steroid dienone is 2. The third-order valence-electron chi connectivity index (χ3n) is 5.30. The van der Waals surface area contributed by atoms with Crippen molar-refractivity contribution in [2.75, 3.05) is 11.4 Å². The smallest absolute Gasteiger partial charge is 0.356 e. The summed E-state index contributed by atoms with van der Waals surface area (Å²) in [5.74, 6) is -3.89. The molecule has 2 heterocycles. The Hall–Kier alpha value is -4.18. The molecule has 1 aromatic heterocycles. The maximum absolute atomic E-state index is 13.5. The van der Waals surface area contributed by atoms with Crippen LogP contribution in [0.2, 0.25) is 0 Å². The lowest BCUT2D eigenvalue weighted by Gasteiger charge is -2.38. The number of rotatable bonds is 4. The third-order valence-corrected chi connectivity index (χ3v) is 5.30. The molecule has 0 saturated heterocycles. The predicted octanol–water partition coefficient (Wildman–Crippen LogP) is 3.65. The van der Waals surface area contributed by atoms with Crippen LogP contribution in [0.3, 0.4) is 0 Å². The van der Waals surface area contributed by atoms with Gasteiger partial charge in [0.25, 0.3) is 0 Å². The van der Waals surface area contributed by atoms with Gasteiger partial charge in [-0.15, -0.1) is 0 Å². The molecule has 1 aliphatic heterocycles. The second-order valence-electron chi connectivity index (χ2n) is 7.27. The Bertz CT molecular complexity index is 1210. The van der Waals surface area contributed by atoms with Crippen LogP contribution in [0.1, 0.15) is 36.6 Å². The molecule has 0 radical (unpaired) electrons. The van der Waals surface area contributed by atoms with Gasteiger partial charge in [0, 0.05) is 30.0 Å². The number of carbonyl (C=O) groups excluding carboxylic acids is 2. The molecule has 33 heavy (non-hydrogen) atoms. The minimum atomic E-state index is -4.64. The van der Waals surface area contributed by atoms with Crippen molar-refractivity contribution in [2.45, 2.75) is 25.9 Å². The second-order valence-corrected chi connectivity index (χ2v) is 7.27. The molecule has 1 aliphatic rings. The van der Waals surface area contributed by atoms with Crippen molar-refractivity contribution in [1.29, 1.82) is 10.5 Å². The topological polar surface area (TPSA) is 110 Å². The fourth-order valence-corrected chi connectivity index (χ4v) is 3.81.